The Hall–Kier alpha value is -1.10. The number of rotatable bonds is 6. The van der Waals surface area contributed by atoms with Crippen molar-refractivity contribution in [2.45, 2.75) is 38.6 Å². The van der Waals surface area contributed by atoms with Crippen molar-refractivity contribution < 1.29 is 9.59 Å². The van der Waals surface area contributed by atoms with Gasteiger partial charge in [0.15, 0.2) is 0 Å². The number of carbonyl (C=O) groups is 2. The minimum absolute atomic E-state index is 0.294. The topological polar surface area (TPSA) is 75.4 Å². The average molecular weight is 227 g/mol. The first-order chi connectivity index (χ1) is 7.70. The van der Waals surface area contributed by atoms with Gasteiger partial charge in [-0.1, -0.05) is 13.3 Å². The van der Waals surface area contributed by atoms with E-state index in [0.717, 1.165) is 25.7 Å². The van der Waals surface area contributed by atoms with E-state index in [1.807, 2.05) is 0 Å². The number of unbranched alkanes of at least 4 members (excludes halogenated alkanes) is 1. The zero-order valence-electron chi connectivity index (χ0n) is 9.87. The summed E-state index contributed by atoms with van der Waals surface area (Å²) in [6.45, 7) is 3.48. The first-order valence-corrected chi connectivity index (χ1v) is 5.99. The number of hydrogen-bond acceptors (Lipinski definition) is 3. The summed E-state index contributed by atoms with van der Waals surface area (Å²) in [4.78, 5) is 25.0. The lowest BCUT2D eigenvalue weighted by molar-refractivity contribution is -0.146. The Bertz CT molecular complexity index is 252. The maximum atomic E-state index is 11.8. The third-order valence-corrected chi connectivity index (χ3v) is 2.63. The molecule has 5 heteroatoms. The Balaban J connectivity index is 2.42. The molecule has 0 aliphatic heterocycles. The summed E-state index contributed by atoms with van der Waals surface area (Å²) in [5, 5.41) is 2.52. The number of amides is 2. The van der Waals surface area contributed by atoms with Gasteiger partial charge < -0.3 is 16.0 Å². The Kier molecular flexibility index (Phi) is 5.25. The van der Waals surface area contributed by atoms with Crippen LogP contribution in [0.15, 0.2) is 0 Å². The zero-order chi connectivity index (χ0) is 12.0. The highest BCUT2D eigenvalue weighted by Crippen LogP contribution is 2.27. The number of nitrogens with zero attached hydrogens (tertiary/aromatic N) is 1. The van der Waals surface area contributed by atoms with E-state index < -0.39 is 11.8 Å². The zero-order valence-corrected chi connectivity index (χ0v) is 9.87. The molecule has 0 radical (unpaired) electrons. The van der Waals surface area contributed by atoms with E-state index in [9.17, 15) is 9.59 Å². The van der Waals surface area contributed by atoms with Crippen molar-refractivity contribution in [3.63, 3.8) is 0 Å². The molecule has 1 saturated carbocycles. The van der Waals surface area contributed by atoms with E-state index in [1.165, 1.54) is 0 Å². The van der Waals surface area contributed by atoms with Crippen molar-refractivity contribution in [1.82, 2.24) is 10.2 Å². The first-order valence-electron chi connectivity index (χ1n) is 5.99. The number of nitrogens with two attached hydrogens (primary N) is 1. The number of carbonyl (C=O) groups excluding carboxylic acids is 2. The van der Waals surface area contributed by atoms with Crippen molar-refractivity contribution in [3.05, 3.63) is 0 Å². The van der Waals surface area contributed by atoms with Crippen LogP contribution in [0.1, 0.15) is 32.6 Å². The van der Waals surface area contributed by atoms with Crippen molar-refractivity contribution in [2.24, 2.45) is 5.73 Å². The second kappa shape index (κ2) is 6.48. The standard InChI is InChI=1S/C11H21N3O2/c1-2-3-8-14(9-4-5-9)11(16)10(15)13-7-6-12/h9H,2-8,12H2,1H3,(H,13,15). The van der Waals surface area contributed by atoms with Gasteiger partial charge in [-0.2, -0.15) is 0 Å². The van der Waals surface area contributed by atoms with E-state index in [2.05, 4.69) is 12.2 Å². The fourth-order valence-corrected chi connectivity index (χ4v) is 1.56. The highest BCUT2D eigenvalue weighted by molar-refractivity contribution is 6.35. The molecule has 0 heterocycles. The number of nitrogens with one attached hydrogen (secondary N) is 1. The lowest BCUT2D eigenvalue weighted by Gasteiger charge is -2.21. The molecule has 0 aromatic carbocycles. The van der Waals surface area contributed by atoms with Crippen molar-refractivity contribution in [1.29, 1.82) is 0 Å². The van der Waals surface area contributed by atoms with Gasteiger partial charge in [-0.3, -0.25) is 9.59 Å². The fourth-order valence-electron chi connectivity index (χ4n) is 1.56. The van der Waals surface area contributed by atoms with Crippen LogP contribution in [-0.2, 0) is 9.59 Å². The van der Waals surface area contributed by atoms with Crippen LogP contribution in [0.3, 0.4) is 0 Å². The van der Waals surface area contributed by atoms with Crippen LogP contribution in [0.2, 0.25) is 0 Å². The lowest BCUT2D eigenvalue weighted by atomic mass is 10.3. The summed E-state index contributed by atoms with van der Waals surface area (Å²) in [7, 11) is 0. The molecule has 3 N–H and O–H groups in total. The lowest BCUT2D eigenvalue weighted by Crippen LogP contribution is -2.45. The van der Waals surface area contributed by atoms with E-state index in [1.54, 1.807) is 4.90 Å². The van der Waals surface area contributed by atoms with Gasteiger partial charge >= 0.3 is 11.8 Å². The molecule has 1 rings (SSSR count). The molecule has 0 bridgehead atoms. The molecule has 0 aromatic heterocycles. The molecular weight excluding hydrogens is 206 g/mol. The second-order valence-corrected chi connectivity index (χ2v) is 4.13. The average Bonchev–Trinajstić information content (AvgIpc) is 3.10. The van der Waals surface area contributed by atoms with Crippen molar-refractivity contribution in [3.8, 4) is 0 Å². The Morgan fingerprint density at radius 1 is 1.44 bits per heavy atom. The minimum atomic E-state index is -0.520. The Labute approximate surface area is 96.4 Å². The van der Waals surface area contributed by atoms with E-state index in [-0.39, 0.29) is 0 Å². The van der Waals surface area contributed by atoms with Gasteiger partial charge in [0.1, 0.15) is 0 Å². The highest BCUT2D eigenvalue weighted by Gasteiger charge is 2.34. The van der Waals surface area contributed by atoms with Crippen molar-refractivity contribution >= 4 is 11.8 Å². The summed E-state index contributed by atoms with van der Waals surface area (Å²) in [6, 6.07) is 0.294. The van der Waals surface area contributed by atoms with Crippen LogP contribution < -0.4 is 11.1 Å². The summed E-state index contributed by atoms with van der Waals surface area (Å²) in [5.74, 6) is -0.919. The summed E-state index contributed by atoms with van der Waals surface area (Å²) >= 11 is 0. The summed E-state index contributed by atoms with van der Waals surface area (Å²) in [5.41, 5.74) is 5.27. The van der Waals surface area contributed by atoms with Crippen LogP contribution in [-0.4, -0.2) is 42.4 Å². The predicted molar refractivity (Wildman–Crippen MR) is 61.7 cm³/mol. The normalized spacial score (nSPS) is 14.6. The van der Waals surface area contributed by atoms with Gasteiger partial charge in [0.05, 0.1) is 0 Å². The molecule has 16 heavy (non-hydrogen) atoms. The highest BCUT2D eigenvalue weighted by atomic mass is 16.2. The van der Waals surface area contributed by atoms with E-state index >= 15 is 0 Å². The van der Waals surface area contributed by atoms with Gasteiger partial charge in [0.25, 0.3) is 0 Å². The van der Waals surface area contributed by atoms with Crippen LogP contribution in [0.25, 0.3) is 0 Å². The van der Waals surface area contributed by atoms with Crippen molar-refractivity contribution in [2.75, 3.05) is 19.6 Å². The molecule has 0 aromatic rings. The fraction of sp³-hybridized carbons (Fsp3) is 0.818. The third kappa shape index (κ3) is 3.81. The van der Waals surface area contributed by atoms with Crippen LogP contribution in [0.5, 0.6) is 0 Å². The Morgan fingerprint density at radius 2 is 2.12 bits per heavy atom. The molecule has 0 saturated heterocycles. The van der Waals surface area contributed by atoms with Gasteiger partial charge in [0, 0.05) is 25.7 Å². The quantitative estimate of drug-likeness (QED) is 0.620. The molecule has 0 unspecified atom stereocenters. The van der Waals surface area contributed by atoms with Gasteiger partial charge in [-0.25, -0.2) is 0 Å². The molecule has 92 valence electrons. The second-order valence-electron chi connectivity index (χ2n) is 4.13. The largest absolute Gasteiger partial charge is 0.347 e. The maximum Gasteiger partial charge on any atom is 0.312 e. The monoisotopic (exact) mass is 227 g/mol. The smallest absolute Gasteiger partial charge is 0.312 e. The summed E-state index contributed by atoms with van der Waals surface area (Å²) < 4.78 is 0. The van der Waals surface area contributed by atoms with Gasteiger partial charge in [-0.05, 0) is 19.3 Å². The van der Waals surface area contributed by atoms with Gasteiger partial charge in [-0.15, -0.1) is 0 Å². The Morgan fingerprint density at radius 3 is 2.62 bits per heavy atom. The first kappa shape index (κ1) is 13.0. The summed E-state index contributed by atoms with van der Waals surface area (Å²) in [6.07, 6.45) is 4.03. The van der Waals surface area contributed by atoms with E-state index in [0.29, 0.717) is 25.7 Å². The molecule has 0 atom stereocenters. The predicted octanol–water partition coefficient (Wildman–Crippen LogP) is -0.148. The molecule has 0 spiro atoms. The third-order valence-electron chi connectivity index (χ3n) is 2.63. The number of hydrogen-bond donors (Lipinski definition) is 2. The van der Waals surface area contributed by atoms with Crippen LogP contribution in [0, 0.1) is 0 Å². The van der Waals surface area contributed by atoms with E-state index in [4.69, 9.17) is 5.73 Å². The molecule has 2 amide bonds. The molecule has 1 fully saturated rings. The van der Waals surface area contributed by atoms with Crippen LogP contribution >= 0.6 is 0 Å². The molecule has 5 nitrogen and oxygen atoms in total. The maximum absolute atomic E-state index is 11.8. The molecule has 1 aliphatic carbocycles. The molecule has 1 aliphatic rings. The SMILES string of the molecule is CCCCN(C(=O)C(=O)NCCN)C1CC1. The van der Waals surface area contributed by atoms with Gasteiger partial charge in [0.2, 0.25) is 0 Å². The minimum Gasteiger partial charge on any atom is -0.347 e. The molecular formula is C11H21N3O2. The van der Waals surface area contributed by atoms with Crippen LogP contribution in [0.4, 0.5) is 0 Å².